The first-order chi connectivity index (χ1) is 15.0. The largest absolute Gasteiger partial charge is 0.355 e. The van der Waals surface area contributed by atoms with Crippen LogP contribution in [-0.4, -0.2) is 34.1 Å². The molecule has 0 aliphatic rings. The smallest absolute Gasteiger partial charge is 0.251 e. The first-order valence-electron chi connectivity index (χ1n) is 9.57. The zero-order valence-electron chi connectivity index (χ0n) is 16.6. The minimum Gasteiger partial charge on any atom is -0.355 e. The van der Waals surface area contributed by atoms with Gasteiger partial charge in [-0.05, 0) is 36.2 Å². The second-order valence-electron chi connectivity index (χ2n) is 6.65. The van der Waals surface area contributed by atoms with E-state index >= 15 is 0 Å². The molecule has 7 nitrogen and oxygen atoms in total. The summed E-state index contributed by atoms with van der Waals surface area (Å²) in [5.74, 6) is -0.414. The number of halogens is 1. The van der Waals surface area contributed by atoms with Crippen LogP contribution in [0.15, 0.2) is 70.6 Å². The van der Waals surface area contributed by atoms with Crippen molar-refractivity contribution in [2.75, 3.05) is 17.6 Å². The van der Waals surface area contributed by atoms with Gasteiger partial charge in [-0.1, -0.05) is 53.7 Å². The van der Waals surface area contributed by atoms with Crippen molar-refractivity contribution in [2.45, 2.75) is 18.0 Å². The third-order valence-electron chi connectivity index (χ3n) is 4.16. The molecule has 0 radical (unpaired) electrons. The van der Waals surface area contributed by atoms with Gasteiger partial charge in [-0.3, -0.25) is 14.4 Å². The standard InChI is InChI=1S/C22H21ClN4O3S/c23-16-6-8-17(9-7-16)25-21(30)14-31-22-26-18(13-20(29)27-22)12-19(28)24-11-10-15-4-2-1-3-5-15/h1-9,13H,10-12,14H2,(H,24,28)(H,25,30)(H,26,27,29). The molecule has 2 amide bonds. The predicted molar refractivity (Wildman–Crippen MR) is 123 cm³/mol. The Hall–Kier alpha value is -3.10. The van der Waals surface area contributed by atoms with Crippen molar-refractivity contribution in [3.63, 3.8) is 0 Å². The zero-order chi connectivity index (χ0) is 22.1. The summed E-state index contributed by atoms with van der Waals surface area (Å²) in [6.07, 6.45) is 0.711. The number of aromatic amines is 1. The van der Waals surface area contributed by atoms with E-state index in [-0.39, 0.29) is 34.7 Å². The van der Waals surface area contributed by atoms with Crippen LogP contribution in [0.3, 0.4) is 0 Å². The number of H-pyrrole nitrogens is 1. The van der Waals surface area contributed by atoms with Crippen molar-refractivity contribution < 1.29 is 9.59 Å². The average molecular weight is 457 g/mol. The van der Waals surface area contributed by atoms with E-state index in [4.69, 9.17) is 11.6 Å². The lowest BCUT2D eigenvalue weighted by atomic mass is 10.1. The van der Waals surface area contributed by atoms with Crippen LogP contribution in [-0.2, 0) is 22.4 Å². The van der Waals surface area contributed by atoms with Gasteiger partial charge in [0.2, 0.25) is 11.8 Å². The molecule has 0 aliphatic heterocycles. The first kappa shape index (κ1) is 22.6. The van der Waals surface area contributed by atoms with Crippen molar-refractivity contribution in [2.24, 2.45) is 0 Å². The van der Waals surface area contributed by atoms with Crippen molar-refractivity contribution >= 4 is 40.9 Å². The van der Waals surface area contributed by atoms with Crippen LogP contribution in [0.1, 0.15) is 11.3 Å². The van der Waals surface area contributed by atoms with Gasteiger partial charge in [-0.15, -0.1) is 0 Å². The number of amides is 2. The number of anilines is 1. The average Bonchev–Trinajstić information content (AvgIpc) is 2.74. The Morgan fingerprint density at radius 3 is 2.52 bits per heavy atom. The maximum atomic E-state index is 12.2. The molecular weight excluding hydrogens is 436 g/mol. The maximum Gasteiger partial charge on any atom is 0.251 e. The summed E-state index contributed by atoms with van der Waals surface area (Å²) in [5, 5.41) is 6.43. The summed E-state index contributed by atoms with van der Waals surface area (Å²) < 4.78 is 0. The Balaban J connectivity index is 1.48. The molecule has 1 heterocycles. The molecule has 3 aromatic rings. The van der Waals surface area contributed by atoms with Gasteiger partial charge in [0.15, 0.2) is 5.16 Å². The van der Waals surface area contributed by atoms with Crippen molar-refractivity contribution in [1.82, 2.24) is 15.3 Å². The van der Waals surface area contributed by atoms with Crippen LogP contribution in [0, 0.1) is 0 Å². The Kier molecular flexibility index (Phi) is 8.26. The second kappa shape index (κ2) is 11.3. The van der Waals surface area contributed by atoms with E-state index in [1.54, 1.807) is 24.3 Å². The van der Waals surface area contributed by atoms with Crippen LogP contribution in [0.4, 0.5) is 5.69 Å². The lowest BCUT2D eigenvalue weighted by molar-refractivity contribution is -0.120. The molecular formula is C22H21ClN4O3S. The summed E-state index contributed by atoms with van der Waals surface area (Å²) >= 11 is 6.91. The second-order valence-corrected chi connectivity index (χ2v) is 8.05. The number of hydrogen-bond acceptors (Lipinski definition) is 5. The first-order valence-corrected chi connectivity index (χ1v) is 10.9. The van der Waals surface area contributed by atoms with Gasteiger partial charge < -0.3 is 15.6 Å². The van der Waals surface area contributed by atoms with Gasteiger partial charge >= 0.3 is 0 Å². The van der Waals surface area contributed by atoms with Crippen LogP contribution in [0.2, 0.25) is 5.02 Å². The van der Waals surface area contributed by atoms with Gasteiger partial charge in [-0.2, -0.15) is 0 Å². The highest BCUT2D eigenvalue weighted by Crippen LogP contribution is 2.15. The van der Waals surface area contributed by atoms with E-state index in [1.807, 2.05) is 30.3 Å². The van der Waals surface area contributed by atoms with Crippen LogP contribution >= 0.6 is 23.4 Å². The molecule has 0 unspecified atom stereocenters. The fraction of sp³-hybridized carbons (Fsp3) is 0.182. The monoisotopic (exact) mass is 456 g/mol. The number of carbonyl (C=O) groups excluding carboxylic acids is 2. The van der Waals surface area contributed by atoms with Gasteiger partial charge in [0.25, 0.3) is 5.56 Å². The third kappa shape index (κ3) is 7.92. The van der Waals surface area contributed by atoms with E-state index in [1.165, 1.54) is 6.07 Å². The number of benzene rings is 2. The Labute approximate surface area is 188 Å². The molecule has 1 aromatic heterocycles. The van der Waals surface area contributed by atoms with E-state index in [9.17, 15) is 14.4 Å². The molecule has 9 heteroatoms. The molecule has 0 aliphatic carbocycles. The minimum absolute atomic E-state index is 0.0107. The van der Waals surface area contributed by atoms with Crippen LogP contribution < -0.4 is 16.2 Å². The number of aromatic nitrogens is 2. The molecule has 3 rings (SSSR count). The summed E-state index contributed by atoms with van der Waals surface area (Å²) in [6, 6.07) is 17.9. The molecule has 0 spiro atoms. The lowest BCUT2D eigenvalue weighted by Crippen LogP contribution is -2.28. The summed E-state index contributed by atoms with van der Waals surface area (Å²) in [4.78, 5) is 43.0. The highest BCUT2D eigenvalue weighted by Gasteiger charge is 2.10. The van der Waals surface area contributed by atoms with Gasteiger partial charge in [-0.25, -0.2) is 4.98 Å². The van der Waals surface area contributed by atoms with E-state index < -0.39 is 0 Å². The topological polar surface area (TPSA) is 104 Å². The molecule has 160 valence electrons. The third-order valence-corrected chi connectivity index (χ3v) is 5.29. The Morgan fingerprint density at radius 2 is 1.77 bits per heavy atom. The molecule has 3 N–H and O–H groups in total. The fourth-order valence-corrected chi connectivity index (χ4v) is 3.55. The number of hydrogen-bond donors (Lipinski definition) is 3. The normalized spacial score (nSPS) is 10.5. The summed E-state index contributed by atoms with van der Waals surface area (Å²) in [5.41, 5.74) is 1.73. The van der Waals surface area contributed by atoms with Gasteiger partial charge in [0.05, 0.1) is 17.9 Å². The Morgan fingerprint density at radius 1 is 1.03 bits per heavy atom. The lowest BCUT2D eigenvalue weighted by Gasteiger charge is -2.07. The number of nitrogens with one attached hydrogen (secondary N) is 3. The SMILES string of the molecule is O=C(Cc1cc(=O)[nH]c(SCC(=O)Nc2ccc(Cl)cc2)n1)NCCc1ccccc1. The number of carbonyl (C=O) groups is 2. The maximum absolute atomic E-state index is 12.2. The van der Waals surface area contributed by atoms with Gasteiger partial charge in [0.1, 0.15) is 0 Å². The van der Waals surface area contributed by atoms with Gasteiger partial charge in [0, 0.05) is 23.3 Å². The van der Waals surface area contributed by atoms with Crippen LogP contribution in [0.25, 0.3) is 0 Å². The van der Waals surface area contributed by atoms with E-state index in [0.717, 1.165) is 23.7 Å². The minimum atomic E-state index is -0.373. The van der Waals surface area contributed by atoms with E-state index in [0.29, 0.717) is 22.9 Å². The quantitative estimate of drug-likeness (QED) is 0.339. The zero-order valence-corrected chi connectivity index (χ0v) is 18.1. The molecule has 0 atom stereocenters. The number of rotatable bonds is 9. The molecule has 0 saturated carbocycles. The molecule has 0 bridgehead atoms. The Bertz CT molecular complexity index is 1090. The highest BCUT2D eigenvalue weighted by atomic mass is 35.5. The molecule has 2 aromatic carbocycles. The van der Waals surface area contributed by atoms with Crippen molar-refractivity contribution in [1.29, 1.82) is 0 Å². The summed E-state index contributed by atoms with van der Waals surface area (Å²) in [6.45, 7) is 0.499. The van der Waals surface area contributed by atoms with Crippen LogP contribution in [0.5, 0.6) is 0 Å². The molecule has 0 saturated heterocycles. The summed E-state index contributed by atoms with van der Waals surface area (Å²) in [7, 11) is 0. The molecule has 0 fully saturated rings. The number of nitrogens with zero attached hydrogens (tertiary/aromatic N) is 1. The highest BCUT2D eigenvalue weighted by molar-refractivity contribution is 7.99. The molecule has 31 heavy (non-hydrogen) atoms. The number of thioether (sulfide) groups is 1. The van der Waals surface area contributed by atoms with Crippen molar-refractivity contribution in [3.05, 3.63) is 87.3 Å². The predicted octanol–water partition coefficient (Wildman–Crippen LogP) is 3.06. The van der Waals surface area contributed by atoms with E-state index in [2.05, 4.69) is 20.6 Å². The van der Waals surface area contributed by atoms with Crippen molar-refractivity contribution in [3.8, 4) is 0 Å². The fourth-order valence-electron chi connectivity index (χ4n) is 2.72.